The topological polar surface area (TPSA) is 49.8 Å². The largest absolute Gasteiger partial charge is 0.366 e. The fraction of sp³-hybridized carbons (Fsp3) is 0.200. The van der Waals surface area contributed by atoms with E-state index in [1.807, 2.05) is 13.0 Å². The molecule has 0 bridgehead atoms. The number of aryl methyl sites for hydroxylation is 1. The van der Waals surface area contributed by atoms with E-state index in [1.165, 1.54) is 18.2 Å². The van der Waals surface area contributed by atoms with E-state index in [2.05, 4.69) is 20.6 Å². The predicted octanol–water partition coefficient (Wildman–Crippen LogP) is 4.33. The van der Waals surface area contributed by atoms with Gasteiger partial charge in [0.15, 0.2) is 0 Å². The molecule has 0 radical (unpaired) electrons. The summed E-state index contributed by atoms with van der Waals surface area (Å²) in [7, 11) is 0. The van der Waals surface area contributed by atoms with Crippen LogP contribution in [0.15, 0.2) is 54.6 Å². The minimum Gasteiger partial charge on any atom is -0.366 e. The summed E-state index contributed by atoms with van der Waals surface area (Å²) in [5.41, 5.74) is 2.42. The Labute approximate surface area is 151 Å². The Bertz CT molecular complexity index is 866. The third-order valence-electron chi connectivity index (χ3n) is 3.88. The summed E-state index contributed by atoms with van der Waals surface area (Å²) in [6, 6.07) is 14.9. The summed E-state index contributed by atoms with van der Waals surface area (Å²) in [5, 5.41) is 6.29. The van der Waals surface area contributed by atoms with Gasteiger partial charge in [-0.15, -0.1) is 0 Å². The summed E-state index contributed by atoms with van der Waals surface area (Å²) < 4.78 is 26.6. The van der Waals surface area contributed by atoms with E-state index < -0.39 is 0 Å². The summed E-state index contributed by atoms with van der Waals surface area (Å²) in [6.45, 7) is 2.85. The molecule has 1 heterocycles. The van der Waals surface area contributed by atoms with E-state index in [0.717, 1.165) is 17.7 Å². The van der Waals surface area contributed by atoms with Gasteiger partial charge in [-0.2, -0.15) is 4.98 Å². The van der Waals surface area contributed by atoms with Crippen LogP contribution >= 0.6 is 0 Å². The lowest BCUT2D eigenvalue weighted by molar-refractivity contribution is 0.613. The van der Waals surface area contributed by atoms with Crippen LogP contribution in [0, 0.1) is 18.6 Å². The lowest BCUT2D eigenvalue weighted by Crippen LogP contribution is -2.11. The van der Waals surface area contributed by atoms with Gasteiger partial charge in [0.1, 0.15) is 17.5 Å². The molecule has 0 unspecified atom stereocenters. The molecule has 0 atom stereocenters. The van der Waals surface area contributed by atoms with E-state index in [1.54, 1.807) is 30.3 Å². The zero-order valence-corrected chi connectivity index (χ0v) is 14.5. The maximum atomic E-state index is 13.7. The number of benzene rings is 2. The van der Waals surface area contributed by atoms with Gasteiger partial charge in [0.05, 0.1) is 0 Å². The standard InChI is InChI=1S/C20H20F2N4/c1-14-12-19(24-13-16-4-2-3-5-18(16)22)26-20(25-14)23-11-10-15-6-8-17(21)9-7-15/h2-9,12H,10-11,13H2,1H3,(H2,23,24,25,26). The van der Waals surface area contributed by atoms with Gasteiger partial charge in [-0.25, -0.2) is 13.8 Å². The van der Waals surface area contributed by atoms with Crippen LogP contribution in [0.1, 0.15) is 16.8 Å². The molecule has 0 aliphatic carbocycles. The fourth-order valence-corrected chi connectivity index (χ4v) is 2.54. The van der Waals surface area contributed by atoms with Crippen molar-refractivity contribution in [1.29, 1.82) is 0 Å². The number of nitrogens with zero attached hydrogens (tertiary/aromatic N) is 2. The third-order valence-corrected chi connectivity index (χ3v) is 3.88. The highest BCUT2D eigenvalue weighted by molar-refractivity contribution is 5.43. The minimum atomic E-state index is -0.247. The number of anilines is 2. The Balaban J connectivity index is 1.58. The zero-order valence-electron chi connectivity index (χ0n) is 14.5. The molecular formula is C20H20F2N4. The second kappa shape index (κ2) is 8.38. The number of rotatable bonds is 7. The molecule has 6 heteroatoms. The number of halogens is 2. The Morgan fingerprint density at radius 3 is 2.46 bits per heavy atom. The number of aromatic nitrogens is 2. The van der Waals surface area contributed by atoms with Crippen LogP contribution in [-0.4, -0.2) is 16.5 Å². The molecule has 2 aromatic carbocycles. The highest BCUT2D eigenvalue weighted by atomic mass is 19.1. The van der Waals surface area contributed by atoms with Crippen LogP contribution in [-0.2, 0) is 13.0 Å². The monoisotopic (exact) mass is 354 g/mol. The first-order chi connectivity index (χ1) is 12.6. The molecule has 2 N–H and O–H groups in total. The number of hydrogen-bond acceptors (Lipinski definition) is 4. The molecule has 4 nitrogen and oxygen atoms in total. The lowest BCUT2D eigenvalue weighted by atomic mass is 10.1. The van der Waals surface area contributed by atoms with Crippen molar-refractivity contribution in [3.63, 3.8) is 0 Å². The van der Waals surface area contributed by atoms with Gasteiger partial charge in [0, 0.05) is 30.4 Å². The summed E-state index contributed by atoms with van der Waals surface area (Å²) in [5.74, 6) is 0.644. The van der Waals surface area contributed by atoms with Crippen molar-refractivity contribution >= 4 is 11.8 Å². The smallest absolute Gasteiger partial charge is 0.224 e. The van der Waals surface area contributed by atoms with Crippen LogP contribution < -0.4 is 10.6 Å². The van der Waals surface area contributed by atoms with Crippen LogP contribution in [0.2, 0.25) is 0 Å². The van der Waals surface area contributed by atoms with Gasteiger partial charge < -0.3 is 10.6 Å². The molecule has 0 amide bonds. The maximum absolute atomic E-state index is 13.7. The van der Waals surface area contributed by atoms with Crippen molar-refractivity contribution < 1.29 is 8.78 Å². The van der Waals surface area contributed by atoms with Gasteiger partial charge in [0.2, 0.25) is 5.95 Å². The van der Waals surface area contributed by atoms with Crippen LogP contribution in [0.25, 0.3) is 0 Å². The van der Waals surface area contributed by atoms with Crippen molar-refractivity contribution in [2.75, 3.05) is 17.2 Å². The molecule has 0 saturated heterocycles. The van der Waals surface area contributed by atoms with Crippen molar-refractivity contribution in [1.82, 2.24) is 9.97 Å². The van der Waals surface area contributed by atoms with Crippen molar-refractivity contribution in [2.24, 2.45) is 0 Å². The Hall–Kier alpha value is -3.02. The number of hydrogen-bond donors (Lipinski definition) is 2. The molecule has 1 aromatic heterocycles. The van der Waals surface area contributed by atoms with Crippen molar-refractivity contribution in [3.05, 3.63) is 83.1 Å². The highest BCUT2D eigenvalue weighted by Gasteiger charge is 2.05. The maximum Gasteiger partial charge on any atom is 0.224 e. The third kappa shape index (κ3) is 4.99. The van der Waals surface area contributed by atoms with Gasteiger partial charge in [-0.3, -0.25) is 0 Å². The molecule has 26 heavy (non-hydrogen) atoms. The zero-order chi connectivity index (χ0) is 18.4. The Morgan fingerprint density at radius 1 is 0.923 bits per heavy atom. The van der Waals surface area contributed by atoms with Crippen LogP contribution in [0.4, 0.5) is 20.5 Å². The first-order valence-electron chi connectivity index (χ1n) is 8.41. The quantitative estimate of drug-likeness (QED) is 0.663. The lowest BCUT2D eigenvalue weighted by Gasteiger charge is -2.10. The molecule has 0 fully saturated rings. The molecule has 0 spiro atoms. The second-order valence-corrected chi connectivity index (χ2v) is 5.97. The summed E-state index contributed by atoms with van der Waals surface area (Å²) in [4.78, 5) is 8.76. The van der Waals surface area contributed by atoms with E-state index in [0.29, 0.717) is 30.4 Å². The van der Waals surface area contributed by atoms with Gasteiger partial charge in [-0.1, -0.05) is 30.3 Å². The highest BCUT2D eigenvalue weighted by Crippen LogP contribution is 2.13. The molecular weight excluding hydrogens is 334 g/mol. The molecule has 0 aliphatic heterocycles. The molecule has 0 aliphatic rings. The van der Waals surface area contributed by atoms with E-state index in [-0.39, 0.29) is 11.6 Å². The second-order valence-electron chi connectivity index (χ2n) is 5.97. The normalized spacial score (nSPS) is 10.6. The molecule has 3 aromatic rings. The van der Waals surface area contributed by atoms with Gasteiger partial charge in [-0.05, 0) is 37.1 Å². The predicted molar refractivity (Wildman–Crippen MR) is 99.1 cm³/mol. The first kappa shape index (κ1) is 17.8. The van der Waals surface area contributed by atoms with Crippen LogP contribution in [0.5, 0.6) is 0 Å². The van der Waals surface area contributed by atoms with Gasteiger partial charge in [0.25, 0.3) is 0 Å². The molecule has 0 saturated carbocycles. The Kier molecular flexibility index (Phi) is 5.73. The van der Waals surface area contributed by atoms with Crippen molar-refractivity contribution in [2.45, 2.75) is 19.9 Å². The average Bonchev–Trinajstić information content (AvgIpc) is 2.62. The van der Waals surface area contributed by atoms with E-state index in [4.69, 9.17) is 0 Å². The van der Waals surface area contributed by atoms with E-state index >= 15 is 0 Å². The average molecular weight is 354 g/mol. The number of nitrogens with one attached hydrogen (secondary N) is 2. The first-order valence-corrected chi connectivity index (χ1v) is 8.41. The molecule has 3 rings (SSSR count). The summed E-state index contributed by atoms with van der Waals surface area (Å²) in [6.07, 6.45) is 0.732. The van der Waals surface area contributed by atoms with Crippen molar-refractivity contribution in [3.8, 4) is 0 Å². The Morgan fingerprint density at radius 2 is 1.69 bits per heavy atom. The van der Waals surface area contributed by atoms with Gasteiger partial charge >= 0.3 is 0 Å². The fourth-order valence-electron chi connectivity index (χ4n) is 2.54. The summed E-state index contributed by atoms with van der Waals surface area (Å²) >= 11 is 0. The minimum absolute atomic E-state index is 0.241. The molecule has 134 valence electrons. The SMILES string of the molecule is Cc1cc(NCc2ccccc2F)nc(NCCc2ccc(F)cc2)n1. The van der Waals surface area contributed by atoms with Crippen LogP contribution in [0.3, 0.4) is 0 Å². The van der Waals surface area contributed by atoms with E-state index in [9.17, 15) is 8.78 Å².